The number of fused-ring (bicyclic) bond motifs is 1. The Labute approximate surface area is 137 Å². The maximum atomic E-state index is 3.80. The van der Waals surface area contributed by atoms with Crippen molar-refractivity contribution in [1.82, 2.24) is 0 Å². The van der Waals surface area contributed by atoms with Crippen molar-refractivity contribution < 1.29 is 0 Å². The normalized spacial score (nSPS) is 21.5. The highest BCUT2D eigenvalue weighted by molar-refractivity contribution is 9.10. The molecule has 0 nitrogen and oxygen atoms in total. The van der Waals surface area contributed by atoms with Gasteiger partial charge in [0.15, 0.2) is 0 Å². The zero-order valence-electron chi connectivity index (χ0n) is 11.4. The second-order valence-corrected chi connectivity index (χ2v) is 7.20. The van der Waals surface area contributed by atoms with E-state index in [0.29, 0.717) is 0 Å². The van der Waals surface area contributed by atoms with Crippen LogP contribution in [0, 0.1) is 0 Å². The quantitative estimate of drug-likeness (QED) is 0.590. The van der Waals surface area contributed by atoms with Crippen LogP contribution in [0.15, 0.2) is 53.0 Å². The van der Waals surface area contributed by atoms with Gasteiger partial charge in [-0.25, -0.2) is 0 Å². The first-order valence-corrected chi connectivity index (χ1v) is 9.04. The number of alkyl halides is 1. The molecule has 104 valence electrons. The molecule has 20 heavy (non-hydrogen) atoms. The van der Waals surface area contributed by atoms with Crippen molar-refractivity contribution in [3.05, 3.63) is 69.7 Å². The molecule has 0 saturated carbocycles. The van der Waals surface area contributed by atoms with Crippen LogP contribution in [0.5, 0.6) is 0 Å². The zero-order valence-corrected chi connectivity index (χ0v) is 14.6. The summed E-state index contributed by atoms with van der Waals surface area (Å²) in [6.45, 7) is 0. The van der Waals surface area contributed by atoms with Crippen molar-refractivity contribution in [2.24, 2.45) is 0 Å². The molecular weight excluding hydrogens is 376 g/mol. The largest absolute Gasteiger partial charge is 0.0918 e. The lowest BCUT2D eigenvalue weighted by Crippen LogP contribution is -2.35. The molecule has 0 radical (unpaired) electrons. The topological polar surface area (TPSA) is 0 Å². The third-order valence-electron chi connectivity index (χ3n) is 4.40. The van der Waals surface area contributed by atoms with Crippen molar-refractivity contribution in [3.63, 3.8) is 0 Å². The summed E-state index contributed by atoms with van der Waals surface area (Å²) in [6, 6.07) is 17.8. The van der Waals surface area contributed by atoms with Crippen LogP contribution in [0.1, 0.15) is 29.5 Å². The molecule has 0 heterocycles. The molecule has 0 fully saturated rings. The molecule has 1 atom stereocenters. The lowest BCUT2D eigenvalue weighted by atomic mass is 9.68. The first-order chi connectivity index (χ1) is 9.73. The first-order valence-electron chi connectivity index (χ1n) is 7.12. The van der Waals surface area contributed by atoms with E-state index in [9.17, 15) is 0 Å². The molecule has 1 aliphatic rings. The van der Waals surface area contributed by atoms with Crippen molar-refractivity contribution in [1.29, 1.82) is 0 Å². The highest BCUT2D eigenvalue weighted by atomic mass is 79.9. The summed E-state index contributed by atoms with van der Waals surface area (Å²) in [7, 11) is 0. The maximum absolute atomic E-state index is 3.80. The Kier molecular flexibility index (Phi) is 4.32. The van der Waals surface area contributed by atoms with Crippen molar-refractivity contribution in [2.75, 3.05) is 5.33 Å². The van der Waals surface area contributed by atoms with Crippen LogP contribution in [-0.4, -0.2) is 5.33 Å². The summed E-state index contributed by atoms with van der Waals surface area (Å²) in [4.78, 5) is 0. The average Bonchev–Trinajstić information content (AvgIpc) is 2.50. The number of halogens is 2. The van der Waals surface area contributed by atoms with Crippen LogP contribution in [-0.2, 0) is 18.3 Å². The van der Waals surface area contributed by atoms with E-state index >= 15 is 0 Å². The fraction of sp³-hybridized carbons (Fsp3) is 0.333. The molecule has 1 unspecified atom stereocenters. The Hall–Kier alpha value is -0.600. The highest BCUT2D eigenvalue weighted by Crippen LogP contribution is 2.41. The third-order valence-corrected chi connectivity index (χ3v) is 6.00. The number of hydrogen-bond donors (Lipinski definition) is 0. The van der Waals surface area contributed by atoms with Crippen LogP contribution in [0.2, 0.25) is 0 Å². The van der Waals surface area contributed by atoms with Crippen molar-refractivity contribution >= 4 is 31.9 Å². The van der Waals surface area contributed by atoms with Gasteiger partial charge < -0.3 is 0 Å². The van der Waals surface area contributed by atoms with E-state index < -0.39 is 0 Å². The molecule has 0 amide bonds. The minimum Gasteiger partial charge on any atom is -0.0918 e. The molecule has 0 spiro atoms. The molecule has 2 aromatic rings. The van der Waals surface area contributed by atoms with Crippen molar-refractivity contribution in [2.45, 2.75) is 31.1 Å². The molecule has 0 aliphatic heterocycles. The summed E-state index contributed by atoms with van der Waals surface area (Å²) in [5.74, 6) is 0. The number of aryl methyl sites for hydroxylation is 1. The van der Waals surface area contributed by atoms with Gasteiger partial charge in [-0.15, -0.1) is 0 Å². The Morgan fingerprint density at radius 1 is 1.00 bits per heavy atom. The molecule has 2 aromatic carbocycles. The lowest BCUT2D eigenvalue weighted by molar-refractivity contribution is 0.401. The van der Waals surface area contributed by atoms with Gasteiger partial charge in [-0.2, -0.15) is 0 Å². The van der Waals surface area contributed by atoms with Gasteiger partial charge in [0.25, 0.3) is 0 Å². The lowest BCUT2D eigenvalue weighted by Gasteiger charge is -2.38. The minimum absolute atomic E-state index is 0.253. The molecule has 2 heteroatoms. The Balaban J connectivity index is 1.98. The third kappa shape index (κ3) is 2.73. The van der Waals surface area contributed by atoms with E-state index in [1.165, 1.54) is 30.4 Å². The van der Waals surface area contributed by atoms with Crippen molar-refractivity contribution in [3.8, 4) is 0 Å². The fourth-order valence-corrected chi connectivity index (χ4v) is 4.42. The van der Waals surface area contributed by atoms with E-state index in [0.717, 1.165) is 16.2 Å². The van der Waals surface area contributed by atoms with Gasteiger partial charge in [0.2, 0.25) is 0 Å². The summed E-state index contributed by atoms with van der Waals surface area (Å²) >= 11 is 7.32. The van der Waals surface area contributed by atoms with Gasteiger partial charge in [0.1, 0.15) is 0 Å². The Morgan fingerprint density at radius 3 is 2.50 bits per heavy atom. The van der Waals surface area contributed by atoms with E-state index in [4.69, 9.17) is 0 Å². The van der Waals surface area contributed by atoms with Gasteiger partial charge in [-0.1, -0.05) is 68.3 Å². The van der Waals surface area contributed by atoms with E-state index in [-0.39, 0.29) is 5.41 Å². The summed E-state index contributed by atoms with van der Waals surface area (Å²) in [5, 5.41) is 1.03. The molecule has 0 saturated heterocycles. The van der Waals surface area contributed by atoms with Gasteiger partial charge in [0, 0.05) is 15.2 Å². The van der Waals surface area contributed by atoms with Crippen LogP contribution in [0.3, 0.4) is 0 Å². The van der Waals surface area contributed by atoms with E-state index in [1.54, 1.807) is 5.56 Å². The van der Waals surface area contributed by atoms with Gasteiger partial charge in [-0.3, -0.25) is 0 Å². The maximum Gasteiger partial charge on any atom is 0.0175 e. The summed E-state index contributed by atoms with van der Waals surface area (Å²) in [5.41, 5.74) is 4.76. The summed E-state index contributed by atoms with van der Waals surface area (Å²) in [6.07, 6.45) is 4.90. The Bertz CT molecular complexity index is 589. The van der Waals surface area contributed by atoms with Crippen LogP contribution in [0.4, 0.5) is 0 Å². The van der Waals surface area contributed by atoms with Gasteiger partial charge in [0.05, 0.1) is 0 Å². The zero-order chi connectivity index (χ0) is 14.0. The van der Waals surface area contributed by atoms with Crippen LogP contribution >= 0.6 is 31.9 Å². The van der Waals surface area contributed by atoms with E-state index in [1.807, 2.05) is 0 Å². The van der Waals surface area contributed by atoms with Crippen LogP contribution in [0.25, 0.3) is 0 Å². The number of hydrogen-bond acceptors (Lipinski definition) is 0. The predicted octanol–water partition coefficient (Wildman–Crippen LogP) is 5.66. The molecule has 0 bridgehead atoms. The predicted molar refractivity (Wildman–Crippen MR) is 92.7 cm³/mol. The number of rotatable bonds is 3. The molecule has 3 rings (SSSR count). The number of benzene rings is 2. The fourth-order valence-electron chi connectivity index (χ4n) is 3.37. The molecule has 0 aromatic heterocycles. The smallest absolute Gasteiger partial charge is 0.0175 e. The SMILES string of the molecule is BrCC1(Cc2ccc(Br)cc2)CCCc2ccccc21. The second kappa shape index (κ2) is 6.03. The molecule has 0 N–H and O–H groups in total. The second-order valence-electron chi connectivity index (χ2n) is 5.73. The molecule has 1 aliphatic carbocycles. The Morgan fingerprint density at radius 2 is 1.75 bits per heavy atom. The van der Waals surface area contributed by atoms with Crippen LogP contribution < -0.4 is 0 Å². The molecular formula is C18H18Br2. The van der Waals surface area contributed by atoms with Gasteiger partial charge in [-0.05, 0) is 54.5 Å². The van der Waals surface area contributed by atoms with Gasteiger partial charge >= 0.3 is 0 Å². The monoisotopic (exact) mass is 392 g/mol. The standard InChI is InChI=1S/C18H18Br2/c19-13-18(12-14-7-9-16(20)10-8-14)11-3-5-15-4-1-2-6-17(15)18/h1-2,4,6-10H,3,5,11-13H2. The average molecular weight is 394 g/mol. The minimum atomic E-state index is 0.253. The first kappa shape index (κ1) is 14.3. The van der Waals surface area contributed by atoms with E-state index in [2.05, 4.69) is 80.4 Å². The summed E-state index contributed by atoms with van der Waals surface area (Å²) < 4.78 is 1.15. The highest BCUT2D eigenvalue weighted by Gasteiger charge is 2.35.